The Kier molecular flexibility index (Phi) is 5.13. The molecule has 0 bridgehead atoms. The highest BCUT2D eigenvalue weighted by Gasteiger charge is 2.41. The molecule has 3 heterocycles. The van der Waals surface area contributed by atoms with Crippen LogP contribution < -0.4 is 4.90 Å². The Morgan fingerprint density at radius 3 is 2.47 bits per heavy atom. The predicted octanol–water partition coefficient (Wildman–Crippen LogP) is 1.32. The molecule has 3 amide bonds. The number of anilines is 1. The van der Waals surface area contributed by atoms with Gasteiger partial charge in [-0.1, -0.05) is 12.1 Å². The summed E-state index contributed by atoms with van der Waals surface area (Å²) in [6, 6.07) is 9.63. The summed E-state index contributed by atoms with van der Waals surface area (Å²) in [6.45, 7) is 2.21. The van der Waals surface area contributed by atoms with E-state index in [0.29, 0.717) is 26.2 Å². The molecule has 0 saturated carbocycles. The van der Waals surface area contributed by atoms with E-state index in [1.807, 2.05) is 18.2 Å². The number of hydrogen-bond acceptors (Lipinski definition) is 7. The van der Waals surface area contributed by atoms with Gasteiger partial charge in [0.05, 0.1) is 10.5 Å². The molecule has 1 fully saturated rings. The standard InChI is InChI=1S/C20H19N5O5/c26-17(23-12-10-22(11-13-23)16-6-1-2-8-21-16)7-9-24-19(27)14-4-3-5-15(25(29)30)18(14)20(24)28/h1-6,8H,7,9-13H2. The van der Waals surface area contributed by atoms with Crippen molar-refractivity contribution in [2.24, 2.45) is 0 Å². The lowest BCUT2D eigenvalue weighted by Gasteiger charge is -2.35. The normalized spacial score (nSPS) is 16.1. The van der Waals surface area contributed by atoms with Crippen molar-refractivity contribution in [2.75, 3.05) is 37.6 Å². The minimum Gasteiger partial charge on any atom is -0.353 e. The number of nitro benzene ring substituents is 1. The molecule has 0 aliphatic carbocycles. The number of amides is 3. The average molecular weight is 409 g/mol. The minimum atomic E-state index is -0.727. The average Bonchev–Trinajstić information content (AvgIpc) is 3.02. The summed E-state index contributed by atoms with van der Waals surface area (Å²) in [7, 11) is 0. The molecule has 1 aromatic heterocycles. The van der Waals surface area contributed by atoms with E-state index in [-0.39, 0.29) is 30.0 Å². The van der Waals surface area contributed by atoms with Crippen LogP contribution in [0.5, 0.6) is 0 Å². The summed E-state index contributed by atoms with van der Waals surface area (Å²) < 4.78 is 0. The fourth-order valence-corrected chi connectivity index (χ4v) is 3.76. The second-order valence-electron chi connectivity index (χ2n) is 7.02. The summed E-state index contributed by atoms with van der Waals surface area (Å²) in [6.07, 6.45) is 1.70. The SMILES string of the molecule is O=C(CCN1C(=O)c2cccc([N+](=O)[O-])c2C1=O)N1CCN(c2ccccn2)CC1. The van der Waals surface area contributed by atoms with Crippen LogP contribution in [0.4, 0.5) is 11.5 Å². The topological polar surface area (TPSA) is 117 Å². The van der Waals surface area contributed by atoms with Crippen LogP contribution in [0.15, 0.2) is 42.6 Å². The van der Waals surface area contributed by atoms with Gasteiger partial charge >= 0.3 is 0 Å². The highest BCUT2D eigenvalue weighted by atomic mass is 16.6. The van der Waals surface area contributed by atoms with Crippen LogP contribution in [0, 0.1) is 10.1 Å². The summed E-state index contributed by atoms with van der Waals surface area (Å²) in [4.78, 5) is 57.2. The van der Waals surface area contributed by atoms with Crippen molar-refractivity contribution in [3.05, 3.63) is 63.8 Å². The highest BCUT2D eigenvalue weighted by molar-refractivity contribution is 6.23. The van der Waals surface area contributed by atoms with E-state index in [4.69, 9.17) is 0 Å². The number of nitrogens with zero attached hydrogens (tertiary/aromatic N) is 5. The van der Waals surface area contributed by atoms with Crippen molar-refractivity contribution < 1.29 is 19.3 Å². The third-order valence-corrected chi connectivity index (χ3v) is 5.33. The van der Waals surface area contributed by atoms with Gasteiger partial charge < -0.3 is 9.80 Å². The summed E-state index contributed by atoms with van der Waals surface area (Å²) >= 11 is 0. The zero-order valence-corrected chi connectivity index (χ0v) is 16.1. The van der Waals surface area contributed by atoms with Crippen LogP contribution in [-0.2, 0) is 4.79 Å². The fraction of sp³-hybridized carbons (Fsp3) is 0.300. The zero-order chi connectivity index (χ0) is 21.3. The first-order chi connectivity index (χ1) is 14.5. The number of piperazine rings is 1. The Hall–Kier alpha value is -3.82. The van der Waals surface area contributed by atoms with Crippen LogP contribution in [-0.4, -0.2) is 70.2 Å². The van der Waals surface area contributed by atoms with Gasteiger partial charge in [-0.25, -0.2) is 4.98 Å². The van der Waals surface area contributed by atoms with Crippen molar-refractivity contribution in [3.63, 3.8) is 0 Å². The largest absolute Gasteiger partial charge is 0.353 e. The highest BCUT2D eigenvalue weighted by Crippen LogP contribution is 2.30. The van der Waals surface area contributed by atoms with Crippen molar-refractivity contribution in [2.45, 2.75) is 6.42 Å². The van der Waals surface area contributed by atoms with E-state index >= 15 is 0 Å². The van der Waals surface area contributed by atoms with Crippen molar-refractivity contribution >= 4 is 29.2 Å². The molecule has 2 aliphatic heterocycles. The molecular formula is C20H19N5O5. The predicted molar refractivity (Wildman–Crippen MR) is 106 cm³/mol. The molecule has 30 heavy (non-hydrogen) atoms. The molecule has 0 radical (unpaired) electrons. The van der Waals surface area contributed by atoms with Crippen LogP contribution >= 0.6 is 0 Å². The first-order valence-electron chi connectivity index (χ1n) is 9.54. The lowest BCUT2D eigenvalue weighted by molar-refractivity contribution is -0.385. The molecule has 0 spiro atoms. The number of carbonyl (C=O) groups is 3. The first-order valence-corrected chi connectivity index (χ1v) is 9.54. The molecule has 1 aromatic carbocycles. The van der Waals surface area contributed by atoms with Crippen LogP contribution in [0.3, 0.4) is 0 Å². The summed E-state index contributed by atoms with van der Waals surface area (Å²) in [5.74, 6) is -0.638. The molecule has 2 aliphatic rings. The van der Waals surface area contributed by atoms with Gasteiger partial charge in [0.1, 0.15) is 11.4 Å². The second kappa shape index (κ2) is 7.90. The van der Waals surface area contributed by atoms with Crippen LogP contribution in [0.25, 0.3) is 0 Å². The van der Waals surface area contributed by atoms with Crippen molar-refractivity contribution in [3.8, 4) is 0 Å². The second-order valence-corrected chi connectivity index (χ2v) is 7.02. The number of nitro groups is 1. The van der Waals surface area contributed by atoms with E-state index in [2.05, 4.69) is 9.88 Å². The molecule has 1 saturated heterocycles. The van der Waals surface area contributed by atoms with E-state index in [9.17, 15) is 24.5 Å². The molecule has 0 unspecified atom stereocenters. The van der Waals surface area contributed by atoms with Crippen molar-refractivity contribution in [1.29, 1.82) is 0 Å². The van der Waals surface area contributed by atoms with Crippen LogP contribution in [0.2, 0.25) is 0 Å². The van der Waals surface area contributed by atoms with Gasteiger partial charge in [0.25, 0.3) is 17.5 Å². The van der Waals surface area contributed by atoms with Gasteiger partial charge in [0, 0.05) is 51.4 Å². The van der Waals surface area contributed by atoms with E-state index in [1.165, 1.54) is 18.2 Å². The van der Waals surface area contributed by atoms with Gasteiger partial charge in [-0.05, 0) is 18.2 Å². The third kappa shape index (κ3) is 3.47. The lowest BCUT2D eigenvalue weighted by Crippen LogP contribution is -2.49. The Morgan fingerprint density at radius 2 is 1.80 bits per heavy atom. The Bertz CT molecular complexity index is 1020. The Morgan fingerprint density at radius 1 is 1.03 bits per heavy atom. The molecule has 0 atom stereocenters. The maximum absolute atomic E-state index is 12.6. The molecule has 0 N–H and O–H groups in total. The number of pyridine rings is 1. The first kappa shape index (κ1) is 19.5. The van der Waals surface area contributed by atoms with Crippen molar-refractivity contribution in [1.82, 2.24) is 14.8 Å². The van der Waals surface area contributed by atoms with E-state index < -0.39 is 22.4 Å². The molecule has 10 nitrogen and oxygen atoms in total. The van der Waals surface area contributed by atoms with Gasteiger partial charge in [-0.2, -0.15) is 0 Å². The van der Waals surface area contributed by atoms with Crippen LogP contribution in [0.1, 0.15) is 27.1 Å². The molecule has 154 valence electrons. The maximum atomic E-state index is 12.6. The lowest BCUT2D eigenvalue weighted by atomic mass is 10.1. The van der Waals surface area contributed by atoms with Gasteiger partial charge in [-0.15, -0.1) is 0 Å². The zero-order valence-electron chi connectivity index (χ0n) is 16.1. The molecule has 10 heteroatoms. The number of aromatic nitrogens is 1. The molecular weight excluding hydrogens is 390 g/mol. The monoisotopic (exact) mass is 409 g/mol. The molecule has 2 aromatic rings. The van der Waals surface area contributed by atoms with E-state index in [0.717, 1.165) is 10.7 Å². The number of carbonyl (C=O) groups excluding carboxylic acids is 3. The van der Waals surface area contributed by atoms with E-state index in [1.54, 1.807) is 11.1 Å². The third-order valence-electron chi connectivity index (χ3n) is 5.33. The van der Waals surface area contributed by atoms with Gasteiger partial charge in [-0.3, -0.25) is 29.4 Å². The smallest absolute Gasteiger partial charge is 0.282 e. The number of imide groups is 1. The number of hydrogen-bond donors (Lipinski definition) is 0. The fourth-order valence-electron chi connectivity index (χ4n) is 3.76. The van der Waals surface area contributed by atoms with Gasteiger partial charge in [0.15, 0.2) is 0 Å². The summed E-state index contributed by atoms with van der Waals surface area (Å²) in [5, 5.41) is 11.2. The Labute approximate surface area is 171 Å². The minimum absolute atomic E-state index is 0.00521. The maximum Gasteiger partial charge on any atom is 0.282 e. The quantitative estimate of drug-likeness (QED) is 0.415. The Balaban J connectivity index is 1.36. The summed E-state index contributed by atoms with van der Waals surface area (Å²) in [5.41, 5.74) is -0.597. The number of rotatable bonds is 5. The number of benzene rings is 1. The van der Waals surface area contributed by atoms with Gasteiger partial charge in [0.2, 0.25) is 5.91 Å². The molecule has 4 rings (SSSR count). The number of fused-ring (bicyclic) bond motifs is 1.